The summed E-state index contributed by atoms with van der Waals surface area (Å²) in [6, 6.07) is 6.27. The van der Waals surface area contributed by atoms with E-state index in [-0.39, 0.29) is 5.91 Å². The van der Waals surface area contributed by atoms with Crippen LogP contribution in [0.15, 0.2) is 23.6 Å². The summed E-state index contributed by atoms with van der Waals surface area (Å²) in [6.45, 7) is 3.60. The number of carbonyl (C=O) groups excluding carboxylic acids is 1. The van der Waals surface area contributed by atoms with Crippen LogP contribution in [0.3, 0.4) is 0 Å². The first-order chi connectivity index (χ1) is 12.1. The molecule has 3 aromatic rings. The normalized spacial score (nSPS) is 17.3. The van der Waals surface area contributed by atoms with Crippen LogP contribution >= 0.6 is 11.3 Å². The van der Waals surface area contributed by atoms with Crippen LogP contribution in [0.4, 0.5) is 0 Å². The van der Waals surface area contributed by atoms with Gasteiger partial charge in [0.1, 0.15) is 0 Å². The Bertz CT molecular complexity index is 909. The van der Waals surface area contributed by atoms with Crippen molar-refractivity contribution < 1.29 is 4.79 Å². The largest absolute Gasteiger partial charge is 0.350 e. The standard InChI is InChI=1S/C18H21N5OS/c1-11-16-13(18(24)20-10-12-5-3-7-19-12)9-14(15-6-4-8-25-15)21-17(16)23(2)22-11/h4,6,8-9,12,19H,3,5,7,10H2,1-2H3,(H,20,24). The van der Waals surface area contributed by atoms with Gasteiger partial charge in [0, 0.05) is 19.6 Å². The minimum atomic E-state index is -0.0602. The molecule has 0 aliphatic carbocycles. The lowest BCUT2D eigenvalue weighted by atomic mass is 10.1. The molecular weight excluding hydrogens is 334 g/mol. The van der Waals surface area contributed by atoms with Gasteiger partial charge < -0.3 is 10.6 Å². The van der Waals surface area contributed by atoms with E-state index in [0.717, 1.165) is 40.3 Å². The molecule has 25 heavy (non-hydrogen) atoms. The lowest BCUT2D eigenvalue weighted by molar-refractivity contribution is 0.0952. The molecule has 0 radical (unpaired) electrons. The number of hydrogen-bond acceptors (Lipinski definition) is 5. The van der Waals surface area contributed by atoms with Gasteiger partial charge in [-0.05, 0) is 43.8 Å². The molecule has 1 amide bonds. The maximum absolute atomic E-state index is 12.9. The Morgan fingerprint density at radius 1 is 1.52 bits per heavy atom. The topological polar surface area (TPSA) is 71.8 Å². The number of carbonyl (C=O) groups is 1. The highest BCUT2D eigenvalue weighted by Crippen LogP contribution is 2.29. The quantitative estimate of drug-likeness (QED) is 0.754. The molecule has 0 bridgehead atoms. The number of hydrogen-bond donors (Lipinski definition) is 2. The molecule has 4 rings (SSSR count). The van der Waals surface area contributed by atoms with E-state index in [2.05, 4.69) is 15.7 Å². The number of aromatic nitrogens is 3. The summed E-state index contributed by atoms with van der Waals surface area (Å²) < 4.78 is 1.75. The summed E-state index contributed by atoms with van der Waals surface area (Å²) in [5.41, 5.74) is 3.03. The van der Waals surface area contributed by atoms with Gasteiger partial charge in [-0.1, -0.05) is 6.07 Å². The third-order valence-corrected chi connectivity index (χ3v) is 5.55. The maximum atomic E-state index is 12.9. The Kier molecular flexibility index (Phi) is 4.27. The van der Waals surface area contributed by atoms with Crippen molar-refractivity contribution >= 4 is 28.3 Å². The van der Waals surface area contributed by atoms with Crippen LogP contribution in [0.25, 0.3) is 21.6 Å². The fourth-order valence-electron chi connectivity index (χ4n) is 3.42. The van der Waals surface area contributed by atoms with E-state index in [4.69, 9.17) is 4.98 Å². The van der Waals surface area contributed by atoms with Crippen molar-refractivity contribution in [3.05, 3.63) is 34.8 Å². The minimum Gasteiger partial charge on any atom is -0.350 e. The smallest absolute Gasteiger partial charge is 0.252 e. The van der Waals surface area contributed by atoms with E-state index >= 15 is 0 Å². The Morgan fingerprint density at radius 2 is 2.40 bits per heavy atom. The third kappa shape index (κ3) is 3.05. The van der Waals surface area contributed by atoms with Gasteiger partial charge in [0.05, 0.1) is 27.2 Å². The maximum Gasteiger partial charge on any atom is 0.252 e. The van der Waals surface area contributed by atoms with Crippen LogP contribution in [0.1, 0.15) is 28.9 Å². The number of nitrogens with zero attached hydrogens (tertiary/aromatic N) is 3. The van der Waals surface area contributed by atoms with Gasteiger partial charge in [-0.3, -0.25) is 9.48 Å². The minimum absolute atomic E-state index is 0.0602. The molecular formula is C18H21N5OS. The van der Waals surface area contributed by atoms with Gasteiger partial charge in [0.15, 0.2) is 5.65 Å². The van der Waals surface area contributed by atoms with Crippen LogP contribution < -0.4 is 10.6 Å². The number of amides is 1. The molecule has 0 saturated carbocycles. The predicted octanol–water partition coefficient (Wildman–Crippen LogP) is 2.49. The molecule has 0 spiro atoms. The molecule has 1 fully saturated rings. The first-order valence-electron chi connectivity index (χ1n) is 8.53. The molecule has 1 aliphatic heterocycles. The number of thiophene rings is 1. The van der Waals surface area contributed by atoms with Gasteiger partial charge >= 0.3 is 0 Å². The molecule has 7 heteroatoms. The molecule has 6 nitrogen and oxygen atoms in total. The van der Waals surface area contributed by atoms with E-state index in [1.165, 1.54) is 6.42 Å². The van der Waals surface area contributed by atoms with Gasteiger partial charge in [0.2, 0.25) is 0 Å². The Labute approximate surface area is 150 Å². The fraction of sp³-hybridized carbons (Fsp3) is 0.389. The van der Waals surface area contributed by atoms with Crippen molar-refractivity contribution in [1.29, 1.82) is 0 Å². The number of fused-ring (bicyclic) bond motifs is 1. The summed E-state index contributed by atoms with van der Waals surface area (Å²) in [7, 11) is 1.87. The number of nitrogens with one attached hydrogen (secondary N) is 2. The average molecular weight is 355 g/mol. The molecule has 1 aliphatic rings. The third-order valence-electron chi connectivity index (χ3n) is 4.66. The van der Waals surface area contributed by atoms with Crippen LogP contribution in [0, 0.1) is 6.92 Å². The zero-order valence-electron chi connectivity index (χ0n) is 14.4. The van der Waals surface area contributed by atoms with Crippen LogP contribution in [-0.4, -0.2) is 39.8 Å². The summed E-state index contributed by atoms with van der Waals surface area (Å²) in [4.78, 5) is 18.7. The van der Waals surface area contributed by atoms with Gasteiger partial charge in [-0.25, -0.2) is 4.98 Å². The van der Waals surface area contributed by atoms with Crippen molar-refractivity contribution in [1.82, 2.24) is 25.4 Å². The molecule has 2 N–H and O–H groups in total. The van der Waals surface area contributed by atoms with Crippen molar-refractivity contribution in [2.24, 2.45) is 7.05 Å². The summed E-state index contributed by atoms with van der Waals surface area (Å²) in [6.07, 6.45) is 2.28. The molecule has 1 saturated heterocycles. The fourth-order valence-corrected chi connectivity index (χ4v) is 4.10. The lowest BCUT2D eigenvalue weighted by Crippen LogP contribution is -2.37. The number of aryl methyl sites for hydroxylation is 2. The highest BCUT2D eigenvalue weighted by atomic mass is 32.1. The van der Waals surface area contributed by atoms with Gasteiger partial charge in [-0.15, -0.1) is 11.3 Å². The molecule has 1 atom stereocenters. The van der Waals surface area contributed by atoms with Crippen LogP contribution in [0.5, 0.6) is 0 Å². The van der Waals surface area contributed by atoms with Crippen molar-refractivity contribution in [2.45, 2.75) is 25.8 Å². The summed E-state index contributed by atoms with van der Waals surface area (Å²) in [5.74, 6) is -0.0602. The highest BCUT2D eigenvalue weighted by Gasteiger charge is 2.21. The second kappa shape index (κ2) is 6.57. The second-order valence-electron chi connectivity index (χ2n) is 6.44. The zero-order valence-corrected chi connectivity index (χ0v) is 15.2. The Balaban J connectivity index is 1.73. The Morgan fingerprint density at radius 3 is 3.12 bits per heavy atom. The van der Waals surface area contributed by atoms with Crippen LogP contribution in [0.2, 0.25) is 0 Å². The first-order valence-corrected chi connectivity index (χ1v) is 9.41. The average Bonchev–Trinajstić information content (AvgIpc) is 3.35. The summed E-state index contributed by atoms with van der Waals surface area (Å²) in [5, 5.41) is 13.8. The van der Waals surface area contributed by atoms with E-state index in [9.17, 15) is 4.79 Å². The van der Waals surface area contributed by atoms with Gasteiger partial charge in [-0.2, -0.15) is 5.10 Å². The van der Waals surface area contributed by atoms with Crippen molar-refractivity contribution in [2.75, 3.05) is 13.1 Å². The molecule has 4 heterocycles. The number of pyridine rings is 1. The molecule has 0 aromatic carbocycles. The van der Waals surface area contributed by atoms with Crippen molar-refractivity contribution in [3.63, 3.8) is 0 Å². The van der Waals surface area contributed by atoms with E-state index < -0.39 is 0 Å². The van der Waals surface area contributed by atoms with E-state index in [1.807, 2.05) is 37.6 Å². The van der Waals surface area contributed by atoms with E-state index in [1.54, 1.807) is 16.0 Å². The SMILES string of the molecule is Cc1nn(C)c2nc(-c3cccs3)cc(C(=O)NCC3CCCN3)c12. The number of rotatable bonds is 4. The highest BCUT2D eigenvalue weighted by molar-refractivity contribution is 7.13. The monoisotopic (exact) mass is 355 g/mol. The Hall–Kier alpha value is -2.25. The van der Waals surface area contributed by atoms with E-state index in [0.29, 0.717) is 18.2 Å². The molecule has 1 unspecified atom stereocenters. The summed E-state index contributed by atoms with van der Waals surface area (Å²) >= 11 is 1.62. The first kappa shape index (κ1) is 16.2. The lowest BCUT2D eigenvalue weighted by Gasteiger charge is -2.12. The molecule has 3 aromatic heterocycles. The zero-order chi connectivity index (χ0) is 17.4. The van der Waals surface area contributed by atoms with Gasteiger partial charge in [0.25, 0.3) is 5.91 Å². The van der Waals surface area contributed by atoms with Crippen LogP contribution in [-0.2, 0) is 7.05 Å². The second-order valence-corrected chi connectivity index (χ2v) is 7.39. The molecule has 130 valence electrons. The van der Waals surface area contributed by atoms with Crippen molar-refractivity contribution in [3.8, 4) is 10.6 Å². The predicted molar refractivity (Wildman–Crippen MR) is 99.9 cm³/mol.